The molecular formula is C20H17F2N5O3. The summed E-state index contributed by atoms with van der Waals surface area (Å²) in [5.41, 5.74) is 1.41. The molecule has 1 unspecified atom stereocenters. The molecule has 10 heteroatoms. The van der Waals surface area contributed by atoms with Crippen molar-refractivity contribution in [3.8, 4) is 11.5 Å². The maximum Gasteiger partial charge on any atom is 0.262 e. The van der Waals surface area contributed by atoms with Gasteiger partial charge in [-0.05, 0) is 18.2 Å². The summed E-state index contributed by atoms with van der Waals surface area (Å²) in [5.74, 6) is -0.501. The lowest BCUT2D eigenvalue weighted by Gasteiger charge is -2.38. The molecule has 0 aliphatic carbocycles. The number of benzene rings is 2. The topological polar surface area (TPSA) is 81.5 Å². The summed E-state index contributed by atoms with van der Waals surface area (Å²) in [4.78, 5) is 15.1. The van der Waals surface area contributed by atoms with Crippen LogP contribution in [0, 0.1) is 11.6 Å². The predicted octanol–water partition coefficient (Wildman–Crippen LogP) is 2.35. The minimum absolute atomic E-state index is 0.146. The number of carbonyl (C=O) groups excluding carboxylic acids is 1. The van der Waals surface area contributed by atoms with Gasteiger partial charge >= 0.3 is 0 Å². The highest BCUT2D eigenvalue weighted by molar-refractivity contribution is 5.95. The van der Waals surface area contributed by atoms with Crippen LogP contribution in [0.3, 0.4) is 0 Å². The van der Waals surface area contributed by atoms with Crippen molar-refractivity contribution < 1.29 is 23.0 Å². The van der Waals surface area contributed by atoms with Crippen molar-refractivity contribution in [3.63, 3.8) is 0 Å². The number of carbonyl (C=O) groups is 1. The Kier molecular flexibility index (Phi) is 4.46. The first kappa shape index (κ1) is 18.3. The number of anilines is 2. The fraction of sp³-hybridized carbons (Fsp3) is 0.250. The molecule has 30 heavy (non-hydrogen) atoms. The number of halogens is 2. The fourth-order valence-electron chi connectivity index (χ4n) is 3.66. The van der Waals surface area contributed by atoms with Gasteiger partial charge in [-0.1, -0.05) is 0 Å². The summed E-state index contributed by atoms with van der Waals surface area (Å²) in [6, 6.07) is 6.85. The molecule has 0 saturated carbocycles. The van der Waals surface area contributed by atoms with Crippen LogP contribution in [0.25, 0.3) is 0 Å². The largest absolute Gasteiger partial charge is 0.489 e. The molecule has 1 amide bonds. The zero-order valence-electron chi connectivity index (χ0n) is 15.7. The second-order valence-corrected chi connectivity index (χ2v) is 7.07. The molecule has 0 fully saturated rings. The van der Waals surface area contributed by atoms with Crippen LogP contribution in [0.15, 0.2) is 42.7 Å². The molecule has 1 aromatic heterocycles. The van der Waals surface area contributed by atoms with Gasteiger partial charge < -0.3 is 19.7 Å². The Bertz CT molecular complexity index is 1110. The second kappa shape index (κ2) is 7.29. The van der Waals surface area contributed by atoms with Crippen molar-refractivity contribution in [1.29, 1.82) is 0 Å². The molecule has 2 aromatic carbocycles. The Morgan fingerprint density at radius 1 is 1.10 bits per heavy atom. The Morgan fingerprint density at radius 3 is 2.77 bits per heavy atom. The smallest absolute Gasteiger partial charge is 0.262 e. The van der Waals surface area contributed by atoms with Gasteiger partial charge in [-0.25, -0.2) is 8.78 Å². The van der Waals surface area contributed by atoms with Crippen molar-refractivity contribution in [2.75, 3.05) is 23.4 Å². The lowest BCUT2D eigenvalue weighted by Crippen LogP contribution is -2.45. The van der Waals surface area contributed by atoms with E-state index < -0.39 is 11.6 Å². The summed E-state index contributed by atoms with van der Waals surface area (Å²) in [5, 5.41) is 11.0. The summed E-state index contributed by atoms with van der Waals surface area (Å²) >= 11 is 0. The molecule has 3 aromatic rings. The number of aromatic nitrogens is 3. The van der Waals surface area contributed by atoms with Crippen molar-refractivity contribution in [2.24, 2.45) is 0 Å². The Hall–Kier alpha value is -3.69. The van der Waals surface area contributed by atoms with E-state index in [0.29, 0.717) is 29.2 Å². The van der Waals surface area contributed by atoms with Gasteiger partial charge in [-0.3, -0.25) is 4.79 Å². The van der Waals surface area contributed by atoms with Gasteiger partial charge in [0.15, 0.2) is 6.61 Å². The molecule has 0 radical (unpaired) electrons. The van der Waals surface area contributed by atoms with E-state index in [1.165, 1.54) is 23.0 Å². The van der Waals surface area contributed by atoms with Gasteiger partial charge in [0.1, 0.15) is 29.7 Å². The second-order valence-electron chi connectivity index (χ2n) is 7.07. The standard InChI is InChI=1S/C20H17F2N5O3/c21-13-1-2-17-19(6-13)29-10-14(9-27-23-3-4-24-27)26(17)8-12-5-16-18(7-15(12)22)30-11-20(28)25-16/h1-7,14H,8-11H2,(H,25,28). The van der Waals surface area contributed by atoms with Crippen LogP contribution in [0.5, 0.6) is 11.5 Å². The monoisotopic (exact) mass is 413 g/mol. The van der Waals surface area contributed by atoms with Gasteiger partial charge in [0.05, 0.1) is 36.4 Å². The molecular weight excluding hydrogens is 396 g/mol. The Labute approximate surface area is 170 Å². The first-order valence-electron chi connectivity index (χ1n) is 9.35. The zero-order chi connectivity index (χ0) is 20.7. The van der Waals surface area contributed by atoms with E-state index in [4.69, 9.17) is 9.47 Å². The number of nitrogens with zero attached hydrogens (tertiary/aromatic N) is 4. The number of amides is 1. The normalized spacial score (nSPS) is 17.5. The molecule has 2 aliphatic rings. The zero-order valence-corrected chi connectivity index (χ0v) is 15.7. The molecule has 1 N–H and O–H groups in total. The van der Waals surface area contributed by atoms with Crippen molar-refractivity contribution in [3.05, 3.63) is 59.9 Å². The maximum absolute atomic E-state index is 14.8. The maximum atomic E-state index is 14.8. The average Bonchev–Trinajstić information content (AvgIpc) is 3.23. The summed E-state index contributed by atoms with van der Waals surface area (Å²) in [6.07, 6.45) is 3.15. The molecule has 0 spiro atoms. The molecule has 0 bridgehead atoms. The van der Waals surface area contributed by atoms with Gasteiger partial charge in [-0.15, -0.1) is 0 Å². The lowest BCUT2D eigenvalue weighted by molar-refractivity contribution is -0.118. The number of fused-ring (bicyclic) bond motifs is 2. The molecule has 0 saturated heterocycles. The van der Waals surface area contributed by atoms with Crippen LogP contribution < -0.4 is 19.7 Å². The number of hydrogen-bond acceptors (Lipinski definition) is 6. The van der Waals surface area contributed by atoms with Crippen LogP contribution in [0.1, 0.15) is 5.56 Å². The number of ether oxygens (including phenoxy) is 2. The minimum Gasteiger partial charge on any atom is -0.489 e. The third kappa shape index (κ3) is 3.40. The van der Waals surface area contributed by atoms with Crippen molar-refractivity contribution in [2.45, 2.75) is 19.1 Å². The van der Waals surface area contributed by atoms with Crippen molar-refractivity contribution >= 4 is 17.3 Å². The summed E-state index contributed by atoms with van der Waals surface area (Å²) in [6.45, 7) is 0.677. The van der Waals surface area contributed by atoms with E-state index >= 15 is 0 Å². The molecule has 8 nitrogen and oxygen atoms in total. The number of hydrogen-bond donors (Lipinski definition) is 1. The van der Waals surface area contributed by atoms with E-state index in [0.717, 1.165) is 0 Å². The molecule has 1 atom stereocenters. The Morgan fingerprint density at radius 2 is 1.93 bits per heavy atom. The third-order valence-electron chi connectivity index (χ3n) is 5.07. The average molecular weight is 413 g/mol. The van der Waals surface area contributed by atoms with Crippen LogP contribution in [0.4, 0.5) is 20.2 Å². The van der Waals surface area contributed by atoms with Gasteiger partial charge in [0.2, 0.25) is 0 Å². The highest BCUT2D eigenvalue weighted by atomic mass is 19.1. The number of rotatable bonds is 4. The van der Waals surface area contributed by atoms with E-state index in [2.05, 4.69) is 15.5 Å². The predicted molar refractivity (Wildman–Crippen MR) is 102 cm³/mol. The fourth-order valence-corrected chi connectivity index (χ4v) is 3.66. The van der Waals surface area contributed by atoms with Crippen LogP contribution in [-0.4, -0.2) is 40.2 Å². The van der Waals surface area contributed by atoms with E-state index in [1.807, 2.05) is 4.90 Å². The SMILES string of the molecule is O=C1COc2cc(F)c(CN3c4ccc(F)cc4OCC3Cn3nccn3)cc2N1. The summed E-state index contributed by atoms with van der Waals surface area (Å²) in [7, 11) is 0. The lowest BCUT2D eigenvalue weighted by atomic mass is 10.1. The molecule has 3 heterocycles. The van der Waals surface area contributed by atoms with Gasteiger partial charge in [0, 0.05) is 24.2 Å². The molecule has 5 rings (SSSR count). The third-order valence-corrected chi connectivity index (χ3v) is 5.07. The highest BCUT2D eigenvalue weighted by Crippen LogP contribution is 2.37. The van der Waals surface area contributed by atoms with Crippen molar-refractivity contribution in [1.82, 2.24) is 15.0 Å². The van der Waals surface area contributed by atoms with Crippen LogP contribution >= 0.6 is 0 Å². The molecule has 154 valence electrons. The van der Waals surface area contributed by atoms with E-state index in [9.17, 15) is 13.6 Å². The molecule has 2 aliphatic heterocycles. The van der Waals surface area contributed by atoms with Gasteiger partial charge in [-0.2, -0.15) is 15.0 Å². The van der Waals surface area contributed by atoms with Crippen LogP contribution in [0.2, 0.25) is 0 Å². The first-order valence-corrected chi connectivity index (χ1v) is 9.35. The van der Waals surface area contributed by atoms with Gasteiger partial charge in [0.25, 0.3) is 5.91 Å². The Balaban J connectivity index is 1.51. The van der Waals surface area contributed by atoms with E-state index in [-0.39, 0.29) is 37.5 Å². The first-order chi connectivity index (χ1) is 14.6. The highest BCUT2D eigenvalue weighted by Gasteiger charge is 2.30. The number of nitrogens with one attached hydrogen (secondary N) is 1. The van der Waals surface area contributed by atoms with Crippen LogP contribution in [-0.2, 0) is 17.9 Å². The minimum atomic E-state index is -0.462. The summed E-state index contributed by atoms with van der Waals surface area (Å²) < 4.78 is 39.6. The van der Waals surface area contributed by atoms with E-state index in [1.54, 1.807) is 24.5 Å². The quantitative estimate of drug-likeness (QED) is 0.707.